The number of amides is 2. The molecule has 1 aromatic carbocycles. The first-order valence-electron chi connectivity index (χ1n) is 6.02. The van der Waals surface area contributed by atoms with E-state index < -0.39 is 0 Å². The van der Waals surface area contributed by atoms with Crippen molar-refractivity contribution in [2.45, 2.75) is 13.1 Å². The van der Waals surface area contributed by atoms with Gasteiger partial charge in [0, 0.05) is 24.8 Å². The predicted octanol–water partition coefficient (Wildman–Crippen LogP) is 1.86. The summed E-state index contributed by atoms with van der Waals surface area (Å²) < 4.78 is 0. The van der Waals surface area contributed by atoms with E-state index in [1.54, 1.807) is 12.3 Å². The van der Waals surface area contributed by atoms with Crippen molar-refractivity contribution in [2.75, 3.05) is 5.32 Å². The van der Waals surface area contributed by atoms with Crippen LogP contribution in [-0.2, 0) is 13.1 Å². The summed E-state index contributed by atoms with van der Waals surface area (Å²) in [7, 11) is 0. The standard InChI is InChI=1S/C14H16N4O/c15-9-12-7-4-8-16-13(12)18-14(19)17-10-11-5-2-1-3-6-11/h1-8H,9-10,15H2,(H2,16,17,18,19). The molecule has 0 aliphatic carbocycles. The molecule has 1 aromatic heterocycles. The second-order valence-corrected chi connectivity index (χ2v) is 4.01. The Labute approximate surface area is 111 Å². The Bertz CT molecular complexity index is 542. The molecule has 4 N–H and O–H groups in total. The van der Waals surface area contributed by atoms with E-state index in [2.05, 4.69) is 15.6 Å². The molecule has 0 atom stereocenters. The van der Waals surface area contributed by atoms with Crippen molar-refractivity contribution in [2.24, 2.45) is 5.73 Å². The number of nitrogens with zero attached hydrogens (tertiary/aromatic N) is 1. The van der Waals surface area contributed by atoms with E-state index in [0.29, 0.717) is 18.9 Å². The van der Waals surface area contributed by atoms with Gasteiger partial charge in [0.2, 0.25) is 0 Å². The molecule has 98 valence electrons. The van der Waals surface area contributed by atoms with Crippen LogP contribution >= 0.6 is 0 Å². The molecule has 0 spiro atoms. The maximum atomic E-state index is 11.8. The summed E-state index contributed by atoms with van der Waals surface area (Å²) >= 11 is 0. The Morgan fingerprint density at radius 2 is 1.95 bits per heavy atom. The Balaban J connectivity index is 1.91. The molecule has 0 bridgehead atoms. The lowest BCUT2D eigenvalue weighted by atomic mass is 10.2. The smallest absolute Gasteiger partial charge is 0.320 e. The first-order chi connectivity index (χ1) is 9.29. The number of urea groups is 1. The highest BCUT2D eigenvalue weighted by Gasteiger charge is 2.06. The quantitative estimate of drug-likeness (QED) is 0.781. The van der Waals surface area contributed by atoms with E-state index in [1.807, 2.05) is 36.4 Å². The molecule has 5 heteroatoms. The van der Waals surface area contributed by atoms with Crippen molar-refractivity contribution in [1.82, 2.24) is 10.3 Å². The average Bonchev–Trinajstić information content (AvgIpc) is 2.47. The van der Waals surface area contributed by atoms with E-state index in [4.69, 9.17) is 5.73 Å². The third kappa shape index (κ3) is 3.79. The first-order valence-corrected chi connectivity index (χ1v) is 6.02. The van der Waals surface area contributed by atoms with E-state index in [9.17, 15) is 4.79 Å². The Morgan fingerprint density at radius 1 is 1.16 bits per heavy atom. The van der Waals surface area contributed by atoms with Crippen LogP contribution in [0.1, 0.15) is 11.1 Å². The second-order valence-electron chi connectivity index (χ2n) is 4.01. The van der Waals surface area contributed by atoms with Gasteiger partial charge in [0.1, 0.15) is 5.82 Å². The van der Waals surface area contributed by atoms with Crippen LogP contribution in [0.3, 0.4) is 0 Å². The molecule has 5 nitrogen and oxygen atoms in total. The van der Waals surface area contributed by atoms with Gasteiger partial charge < -0.3 is 11.1 Å². The third-order valence-electron chi connectivity index (χ3n) is 2.64. The molecular weight excluding hydrogens is 240 g/mol. The zero-order valence-corrected chi connectivity index (χ0v) is 10.5. The molecule has 2 amide bonds. The van der Waals surface area contributed by atoms with Crippen molar-refractivity contribution >= 4 is 11.8 Å². The molecule has 2 aromatic rings. The van der Waals surface area contributed by atoms with Gasteiger partial charge in [-0.15, -0.1) is 0 Å². The van der Waals surface area contributed by atoms with Crippen LogP contribution in [0.15, 0.2) is 48.7 Å². The summed E-state index contributed by atoms with van der Waals surface area (Å²) in [5.74, 6) is 0.496. The van der Waals surface area contributed by atoms with E-state index >= 15 is 0 Å². The maximum Gasteiger partial charge on any atom is 0.320 e. The topological polar surface area (TPSA) is 80.0 Å². The van der Waals surface area contributed by atoms with E-state index in [0.717, 1.165) is 11.1 Å². The summed E-state index contributed by atoms with van der Waals surface area (Å²) in [6, 6.07) is 13.0. The lowest BCUT2D eigenvalue weighted by molar-refractivity contribution is 0.251. The van der Waals surface area contributed by atoms with Gasteiger partial charge in [-0.2, -0.15) is 0 Å². The molecule has 0 aliphatic heterocycles. The largest absolute Gasteiger partial charge is 0.334 e. The minimum absolute atomic E-state index is 0.294. The number of nitrogens with one attached hydrogen (secondary N) is 2. The van der Waals surface area contributed by atoms with Crippen molar-refractivity contribution in [1.29, 1.82) is 0 Å². The number of hydrogen-bond donors (Lipinski definition) is 3. The van der Waals surface area contributed by atoms with Gasteiger partial charge in [-0.3, -0.25) is 5.32 Å². The van der Waals surface area contributed by atoms with Gasteiger partial charge in [0.25, 0.3) is 0 Å². The summed E-state index contributed by atoms with van der Waals surface area (Å²) in [6.45, 7) is 0.805. The van der Waals surface area contributed by atoms with Crippen LogP contribution in [0.5, 0.6) is 0 Å². The molecule has 0 radical (unpaired) electrons. The molecule has 0 saturated carbocycles. The number of anilines is 1. The summed E-state index contributed by atoms with van der Waals surface area (Å²) in [5.41, 5.74) is 7.42. The number of hydrogen-bond acceptors (Lipinski definition) is 3. The molecular formula is C14H16N4O. The molecule has 0 fully saturated rings. The average molecular weight is 256 g/mol. The molecule has 2 rings (SSSR count). The highest BCUT2D eigenvalue weighted by atomic mass is 16.2. The van der Waals surface area contributed by atoms with Gasteiger partial charge in [-0.05, 0) is 11.6 Å². The van der Waals surface area contributed by atoms with Gasteiger partial charge >= 0.3 is 6.03 Å². The van der Waals surface area contributed by atoms with E-state index in [-0.39, 0.29) is 6.03 Å². The van der Waals surface area contributed by atoms with Crippen LogP contribution in [0.2, 0.25) is 0 Å². The van der Waals surface area contributed by atoms with Crippen LogP contribution in [0, 0.1) is 0 Å². The number of aromatic nitrogens is 1. The Kier molecular flexibility index (Phi) is 4.47. The number of benzene rings is 1. The molecule has 0 unspecified atom stereocenters. The lowest BCUT2D eigenvalue weighted by Gasteiger charge is -2.09. The minimum Gasteiger partial charge on any atom is -0.334 e. The third-order valence-corrected chi connectivity index (χ3v) is 2.64. The monoisotopic (exact) mass is 256 g/mol. The molecule has 0 aliphatic rings. The van der Waals surface area contributed by atoms with E-state index in [1.165, 1.54) is 0 Å². The first kappa shape index (κ1) is 13.0. The highest BCUT2D eigenvalue weighted by molar-refractivity contribution is 5.88. The van der Waals surface area contributed by atoms with Crippen molar-refractivity contribution < 1.29 is 4.79 Å². The van der Waals surface area contributed by atoms with Gasteiger partial charge in [-0.25, -0.2) is 9.78 Å². The zero-order valence-electron chi connectivity index (χ0n) is 10.5. The molecule has 0 saturated heterocycles. The van der Waals surface area contributed by atoms with Crippen molar-refractivity contribution in [3.05, 3.63) is 59.8 Å². The zero-order chi connectivity index (χ0) is 13.5. The maximum absolute atomic E-state index is 11.8. The normalized spacial score (nSPS) is 9.95. The van der Waals surface area contributed by atoms with Crippen LogP contribution in [0.4, 0.5) is 10.6 Å². The lowest BCUT2D eigenvalue weighted by Crippen LogP contribution is -2.29. The SMILES string of the molecule is NCc1cccnc1NC(=O)NCc1ccccc1. The summed E-state index contributed by atoms with van der Waals surface area (Å²) in [6.07, 6.45) is 1.62. The number of carbonyl (C=O) groups is 1. The number of rotatable bonds is 4. The predicted molar refractivity (Wildman–Crippen MR) is 74.4 cm³/mol. The Hall–Kier alpha value is -2.40. The van der Waals surface area contributed by atoms with Gasteiger partial charge in [0.05, 0.1) is 0 Å². The molecule has 19 heavy (non-hydrogen) atoms. The second kappa shape index (κ2) is 6.51. The van der Waals surface area contributed by atoms with Gasteiger partial charge in [0.15, 0.2) is 0 Å². The number of pyridine rings is 1. The van der Waals surface area contributed by atoms with Crippen molar-refractivity contribution in [3.8, 4) is 0 Å². The number of nitrogens with two attached hydrogens (primary N) is 1. The van der Waals surface area contributed by atoms with Crippen LogP contribution in [-0.4, -0.2) is 11.0 Å². The summed E-state index contributed by atoms with van der Waals surface area (Å²) in [4.78, 5) is 15.8. The fraction of sp³-hybridized carbons (Fsp3) is 0.143. The molecule has 1 heterocycles. The summed E-state index contributed by atoms with van der Waals surface area (Å²) in [5, 5.41) is 5.46. The fourth-order valence-electron chi connectivity index (χ4n) is 1.65. The van der Waals surface area contributed by atoms with Crippen LogP contribution in [0.25, 0.3) is 0 Å². The van der Waals surface area contributed by atoms with Gasteiger partial charge in [-0.1, -0.05) is 36.4 Å². The minimum atomic E-state index is -0.294. The Morgan fingerprint density at radius 3 is 2.68 bits per heavy atom. The highest BCUT2D eigenvalue weighted by Crippen LogP contribution is 2.09. The van der Waals surface area contributed by atoms with Crippen LogP contribution < -0.4 is 16.4 Å². The van der Waals surface area contributed by atoms with Crippen molar-refractivity contribution in [3.63, 3.8) is 0 Å². The number of carbonyl (C=O) groups excluding carboxylic acids is 1. The fourth-order valence-corrected chi connectivity index (χ4v) is 1.65.